The smallest absolute Gasteiger partial charge is 0.255 e. The number of anilines is 3. The number of hydrogen-bond acceptors (Lipinski definition) is 8. The van der Waals surface area contributed by atoms with Crippen LogP contribution in [0.5, 0.6) is 11.6 Å². The zero-order valence-corrected chi connectivity index (χ0v) is 22.3. The third-order valence-electron chi connectivity index (χ3n) is 7.27. The molecule has 2 aliphatic rings. The van der Waals surface area contributed by atoms with E-state index in [0.29, 0.717) is 55.3 Å². The zero-order valence-electron chi connectivity index (χ0n) is 22.3. The Kier molecular flexibility index (Phi) is 7.43. The summed E-state index contributed by atoms with van der Waals surface area (Å²) >= 11 is 0. The standard InChI is InChI=1S/C30H31FN6O3/c1-35-10-12-37(13-11-35)30-32-9-8-28(34-30)40-27-7-6-26(24-4-2-3-5-25(24)27)33-29(38)21-18-22(31)20-23(19-21)36-14-16-39-17-15-36/h2-9,18-20H,10-17H2,1H3,(H,33,38). The summed E-state index contributed by atoms with van der Waals surface area (Å²) in [7, 11) is 2.11. The second kappa shape index (κ2) is 11.4. The van der Waals surface area contributed by atoms with Crippen molar-refractivity contribution in [2.24, 2.45) is 0 Å². The Morgan fingerprint density at radius 1 is 0.925 bits per heavy atom. The monoisotopic (exact) mass is 542 g/mol. The number of hydrogen-bond donors (Lipinski definition) is 1. The summed E-state index contributed by atoms with van der Waals surface area (Å²) in [4.78, 5) is 28.8. The molecular weight excluding hydrogens is 511 g/mol. The molecule has 0 unspecified atom stereocenters. The van der Waals surface area contributed by atoms with Crippen LogP contribution in [-0.2, 0) is 4.74 Å². The van der Waals surface area contributed by atoms with Crippen LogP contribution in [0.2, 0.25) is 0 Å². The third kappa shape index (κ3) is 5.68. The Hall–Kier alpha value is -4.28. The molecule has 6 rings (SSSR count). The summed E-state index contributed by atoms with van der Waals surface area (Å²) in [5.74, 6) is 0.854. The Morgan fingerprint density at radius 3 is 2.50 bits per heavy atom. The number of ether oxygens (including phenoxy) is 2. The lowest BCUT2D eigenvalue weighted by Crippen LogP contribution is -2.45. The highest BCUT2D eigenvalue weighted by molar-refractivity contribution is 6.10. The normalized spacial score (nSPS) is 16.2. The number of piperazine rings is 1. The van der Waals surface area contributed by atoms with Crippen molar-refractivity contribution in [1.29, 1.82) is 0 Å². The largest absolute Gasteiger partial charge is 0.438 e. The highest BCUT2D eigenvalue weighted by atomic mass is 19.1. The predicted octanol–water partition coefficient (Wildman–Crippen LogP) is 4.40. The van der Waals surface area contributed by atoms with Gasteiger partial charge in [-0.25, -0.2) is 9.37 Å². The molecule has 10 heteroatoms. The molecule has 2 fully saturated rings. The number of halogens is 1. The summed E-state index contributed by atoms with van der Waals surface area (Å²) < 4.78 is 26.1. The molecule has 1 amide bonds. The molecule has 2 aliphatic heterocycles. The topological polar surface area (TPSA) is 83.1 Å². The van der Waals surface area contributed by atoms with Crippen LogP contribution < -0.4 is 19.9 Å². The number of benzene rings is 3. The van der Waals surface area contributed by atoms with Crippen LogP contribution in [0.25, 0.3) is 10.8 Å². The van der Waals surface area contributed by atoms with Gasteiger partial charge in [0.2, 0.25) is 11.8 Å². The van der Waals surface area contributed by atoms with E-state index in [0.717, 1.165) is 37.0 Å². The van der Waals surface area contributed by atoms with Gasteiger partial charge in [-0.3, -0.25) is 4.79 Å². The quantitative estimate of drug-likeness (QED) is 0.384. The fourth-order valence-corrected chi connectivity index (χ4v) is 5.03. The average Bonchev–Trinajstić information content (AvgIpc) is 2.99. The van der Waals surface area contributed by atoms with Crippen LogP contribution in [0.1, 0.15) is 10.4 Å². The van der Waals surface area contributed by atoms with Gasteiger partial charge in [-0.1, -0.05) is 24.3 Å². The van der Waals surface area contributed by atoms with Gasteiger partial charge >= 0.3 is 0 Å². The lowest BCUT2D eigenvalue weighted by molar-refractivity contribution is 0.102. The van der Waals surface area contributed by atoms with Crippen molar-refractivity contribution in [2.45, 2.75) is 0 Å². The summed E-state index contributed by atoms with van der Waals surface area (Å²) in [5.41, 5.74) is 1.53. The molecule has 3 heterocycles. The number of aromatic nitrogens is 2. The number of morpholine rings is 1. The molecule has 0 spiro atoms. The first-order valence-electron chi connectivity index (χ1n) is 13.4. The van der Waals surface area contributed by atoms with Crippen molar-refractivity contribution >= 4 is 34.0 Å². The van der Waals surface area contributed by atoms with Crippen LogP contribution in [0, 0.1) is 5.82 Å². The van der Waals surface area contributed by atoms with E-state index in [-0.39, 0.29) is 11.5 Å². The van der Waals surface area contributed by atoms with E-state index in [1.807, 2.05) is 29.2 Å². The van der Waals surface area contributed by atoms with Crippen LogP contribution >= 0.6 is 0 Å². The SMILES string of the molecule is CN1CCN(c2nccc(Oc3ccc(NC(=O)c4cc(F)cc(N5CCOCC5)c4)c4ccccc34)n2)CC1. The Balaban J connectivity index is 1.23. The number of likely N-dealkylation sites (N-methyl/N-ethyl adjacent to an activating group) is 1. The molecule has 3 aromatic carbocycles. The van der Waals surface area contributed by atoms with Gasteiger partial charge in [-0.15, -0.1) is 0 Å². The second-order valence-electron chi connectivity index (χ2n) is 10.00. The Morgan fingerprint density at radius 2 is 1.70 bits per heavy atom. The van der Waals surface area contributed by atoms with Crippen LogP contribution in [0.15, 0.2) is 66.9 Å². The van der Waals surface area contributed by atoms with Crippen LogP contribution in [-0.4, -0.2) is 80.3 Å². The number of fused-ring (bicyclic) bond motifs is 1. The molecule has 1 N–H and O–H groups in total. The number of carbonyl (C=O) groups excluding carboxylic acids is 1. The van der Waals surface area contributed by atoms with Gasteiger partial charge in [-0.05, 0) is 37.4 Å². The van der Waals surface area contributed by atoms with Crippen LogP contribution in [0.4, 0.5) is 21.7 Å². The summed E-state index contributed by atoms with van der Waals surface area (Å²) in [6.07, 6.45) is 1.71. The molecular formula is C30H31FN6O3. The fraction of sp³-hybridized carbons (Fsp3) is 0.300. The van der Waals surface area contributed by atoms with E-state index in [4.69, 9.17) is 9.47 Å². The van der Waals surface area contributed by atoms with Crippen molar-refractivity contribution in [1.82, 2.24) is 14.9 Å². The first-order chi connectivity index (χ1) is 19.5. The van der Waals surface area contributed by atoms with Gasteiger partial charge in [-0.2, -0.15) is 4.98 Å². The van der Waals surface area contributed by atoms with E-state index in [1.165, 1.54) is 12.1 Å². The molecule has 1 aromatic heterocycles. The van der Waals surface area contributed by atoms with E-state index in [2.05, 4.69) is 32.1 Å². The maximum atomic E-state index is 14.5. The van der Waals surface area contributed by atoms with E-state index < -0.39 is 5.82 Å². The fourth-order valence-electron chi connectivity index (χ4n) is 5.03. The van der Waals surface area contributed by atoms with Crippen molar-refractivity contribution in [3.63, 3.8) is 0 Å². The maximum Gasteiger partial charge on any atom is 0.255 e. The average molecular weight is 543 g/mol. The Bertz CT molecular complexity index is 1520. The number of carbonyl (C=O) groups is 1. The highest BCUT2D eigenvalue weighted by Gasteiger charge is 2.19. The number of amides is 1. The van der Waals surface area contributed by atoms with Gasteiger partial charge in [0, 0.05) is 79.2 Å². The molecule has 40 heavy (non-hydrogen) atoms. The second-order valence-corrected chi connectivity index (χ2v) is 10.00. The summed E-state index contributed by atoms with van der Waals surface area (Å²) in [5, 5.41) is 4.58. The minimum atomic E-state index is -0.455. The molecule has 206 valence electrons. The maximum absolute atomic E-state index is 14.5. The molecule has 0 aliphatic carbocycles. The van der Waals surface area contributed by atoms with E-state index in [1.54, 1.807) is 30.5 Å². The predicted molar refractivity (Wildman–Crippen MR) is 153 cm³/mol. The highest BCUT2D eigenvalue weighted by Crippen LogP contribution is 2.34. The summed E-state index contributed by atoms with van der Waals surface area (Å²) in [6, 6.07) is 17.4. The number of nitrogens with zero attached hydrogens (tertiary/aromatic N) is 5. The van der Waals surface area contributed by atoms with Gasteiger partial charge in [0.1, 0.15) is 11.6 Å². The molecule has 2 saturated heterocycles. The lowest BCUT2D eigenvalue weighted by atomic mass is 10.1. The molecule has 9 nitrogen and oxygen atoms in total. The first-order valence-corrected chi connectivity index (χ1v) is 13.4. The molecule has 0 saturated carbocycles. The van der Waals surface area contributed by atoms with E-state index >= 15 is 0 Å². The number of rotatable bonds is 6. The zero-order chi connectivity index (χ0) is 27.5. The minimum absolute atomic E-state index is 0.253. The summed E-state index contributed by atoms with van der Waals surface area (Å²) in [6.45, 7) is 6.08. The van der Waals surface area contributed by atoms with Gasteiger partial charge in [0.25, 0.3) is 5.91 Å². The lowest BCUT2D eigenvalue weighted by Gasteiger charge is -2.32. The Labute approximate surface area is 232 Å². The van der Waals surface area contributed by atoms with Crippen molar-refractivity contribution < 1.29 is 18.7 Å². The number of nitrogens with one attached hydrogen (secondary N) is 1. The van der Waals surface area contributed by atoms with Crippen molar-refractivity contribution in [3.8, 4) is 11.6 Å². The van der Waals surface area contributed by atoms with Crippen LogP contribution in [0.3, 0.4) is 0 Å². The molecule has 0 bridgehead atoms. The minimum Gasteiger partial charge on any atom is -0.438 e. The van der Waals surface area contributed by atoms with E-state index in [9.17, 15) is 9.18 Å². The van der Waals surface area contributed by atoms with Crippen molar-refractivity contribution in [3.05, 3.63) is 78.2 Å². The van der Waals surface area contributed by atoms with Crippen molar-refractivity contribution in [2.75, 3.05) is 74.6 Å². The third-order valence-corrected chi connectivity index (χ3v) is 7.27. The molecule has 4 aromatic rings. The first kappa shape index (κ1) is 26.0. The molecule has 0 radical (unpaired) electrons. The van der Waals surface area contributed by atoms with Gasteiger partial charge in [0.15, 0.2) is 0 Å². The molecule has 0 atom stereocenters. The van der Waals surface area contributed by atoms with Gasteiger partial charge < -0.3 is 29.5 Å². The van der Waals surface area contributed by atoms with Gasteiger partial charge in [0.05, 0.1) is 13.2 Å².